The lowest BCUT2D eigenvalue weighted by molar-refractivity contribution is 0.0727. The SMILES string of the molecule is COc1ncc(C(=O)N2CCc3c(c[nH]c(=O)c3C(=O)N3CCCCCCC3)C2)cc1F. The van der Waals surface area contributed by atoms with Gasteiger partial charge < -0.3 is 19.5 Å². The molecule has 32 heavy (non-hydrogen) atoms. The van der Waals surface area contributed by atoms with Gasteiger partial charge in [-0.25, -0.2) is 9.37 Å². The molecule has 0 spiro atoms. The van der Waals surface area contributed by atoms with Crippen LogP contribution in [0.2, 0.25) is 0 Å². The van der Waals surface area contributed by atoms with Gasteiger partial charge in [-0.1, -0.05) is 19.3 Å². The van der Waals surface area contributed by atoms with E-state index in [-0.39, 0.29) is 35.4 Å². The van der Waals surface area contributed by atoms with E-state index in [4.69, 9.17) is 4.74 Å². The fourth-order valence-electron chi connectivity index (χ4n) is 4.45. The first-order chi connectivity index (χ1) is 15.5. The Balaban J connectivity index is 1.57. The van der Waals surface area contributed by atoms with Crippen LogP contribution in [0.25, 0.3) is 0 Å². The van der Waals surface area contributed by atoms with Crippen molar-refractivity contribution >= 4 is 11.8 Å². The van der Waals surface area contributed by atoms with E-state index in [1.807, 2.05) is 0 Å². The second kappa shape index (κ2) is 9.50. The van der Waals surface area contributed by atoms with Crippen LogP contribution in [0.1, 0.15) is 63.9 Å². The predicted molar refractivity (Wildman–Crippen MR) is 115 cm³/mol. The number of carbonyl (C=O) groups excluding carboxylic acids is 2. The summed E-state index contributed by atoms with van der Waals surface area (Å²) in [7, 11) is 1.31. The molecule has 9 heteroatoms. The molecule has 2 aromatic heterocycles. The number of aromatic nitrogens is 2. The fraction of sp³-hybridized carbons (Fsp3) is 0.478. The minimum absolute atomic E-state index is 0.119. The Labute approximate surface area is 185 Å². The summed E-state index contributed by atoms with van der Waals surface area (Å²) < 4.78 is 18.8. The fourth-order valence-corrected chi connectivity index (χ4v) is 4.45. The number of carbonyl (C=O) groups is 2. The van der Waals surface area contributed by atoms with Crippen LogP contribution < -0.4 is 10.3 Å². The highest BCUT2D eigenvalue weighted by Crippen LogP contribution is 2.24. The second-order valence-corrected chi connectivity index (χ2v) is 8.25. The molecule has 1 N–H and O–H groups in total. The van der Waals surface area contributed by atoms with E-state index >= 15 is 0 Å². The van der Waals surface area contributed by atoms with Crippen molar-refractivity contribution in [2.75, 3.05) is 26.7 Å². The first kappa shape index (κ1) is 22.0. The van der Waals surface area contributed by atoms with E-state index in [1.165, 1.54) is 19.7 Å². The summed E-state index contributed by atoms with van der Waals surface area (Å²) in [5.41, 5.74) is 1.34. The van der Waals surface area contributed by atoms with Gasteiger partial charge in [0.25, 0.3) is 17.4 Å². The monoisotopic (exact) mass is 442 g/mol. The van der Waals surface area contributed by atoms with E-state index in [2.05, 4.69) is 9.97 Å². The Kier molecular flexibility index (Phi) is 6.53. The van der Waals surface area contributed by atoms with Crippen LogP contribution in [0.3, 0.4) is 0 Å². The molecule has 4 rings (SSSR count). The molecule has 0 radical (unpaired) electrons. The summed E-state index contributed by atoms with van der Waals surface area (Å²) in [5, 5.41) is 0. The Morgan fingerprint density at radius 3 is 2.47 bits per heavy atom. The molecule has 0 aromatic carbocycles. The van der Waals surface area contributed by atoms with E-state index in [0.717, 1.165) is 37.3 Å². The zero-order chi connectivity index (χ0) is 22.7. The molecule has 2 amide bonds. The number of halogens is 1. The molecule has 2 aromatic rings. The Morgan fingerprint density at radius 1 is 1.06 bits per heavy atom. The summed E-state index contributed by atoms with van der Waals surface area (Å²) in [5.74, 6) is -1.48. The van der Waals surface area contributed by atoms with E-state index in [9.17, 15) is 18.8 Å². The van der Waals surface area contributed by atoms with Gasteiger partial charge in [-0.05, 0) is 36.5 Å². The number of rotatable bonds is 3. The number of nitrogens with zero attached hydrogens (tertiary/aromatic N) is 3. The molecular formula is C23H27FN4O4. The van der Waals surface area contributed by atoms with Crippen molar-refractivity contribution in [3.05, 3.63) is 56.9 Å². The molecule has 2 aliphatic rings. The lowest BCUT2D eigenvalue weighted by atomic mass is 9.95. The van der Waals surface area contributed by atoms with Crippen LogP contribution in [0.4, 0.5) is 4.39 Å². The predicted octanol–water partition coefficient (Wildman–Crippen LogP) is 2.52. The molecule has 0 atom stereocenters. The summed E-state index contributed by atoms with van der Waals surface area (Å²) in [6.07, 6.45) is 8.46. The number of H-pyrrole nitrogens is 1. The van der Waals surface area contributed by atoms with Crippen LogP contribution in [0, 0.1) is 5.82 Å². The van der Waals surface area contributed by atoms with Gasteiger partial charge in [-0.15, -0.1) is 0 Å². The third kappa shape index (κ3) is 4.37. The van der Waals surface area contributed by atoms with Crippen molar-refractivity contribution in [3.8, 4) is 5.88 Å². The molecule has 2 aliphatic heterocycles. The van der Waals surface area contributed by atoms with Gasteiger partial charge in [-0.3, -0.25) is 14.4 Å². The van der Waals surface area contributed by atoms with E-state index < -0.39 is 11.4 Å². The summed E-state index contributed by atoms with van der Waals surface area (Å²) in [6, 6.07) is 1.10. The number of ether oxygens (including phenoxy) is 1. The van der Waals surface area contributed by atoms with Gasteiger partial charge in [0.05, 0.1) is 12.7 Å². The maximum atomic E-state index is 14.0. The van der Waals surface area contributed by atoms with Crippen LogP contribution in [0.5, 0.6) is 5.88 Å². The third-order valence-corrected chi connectivity index (χ3v) is 6.18. The van der Waals surface area contributed by atoms with Gasteiger partial charge in [0.15, 0.2) is 5.82 Å². The van der Waals surface area contributed by atoms with Crippen molar-refractivity contribution in [3.63, 3.8) is 0 Å². The highest BCUT2D eigenvalue weighted by molar-refractivity contribution is 5.96. The Morgan fingerprint density at radius 2 is 1.78 bits per heavy atom. The van der Waals surface area contributed by atoms with Crippen LogP contribution in [-0.4, -0.2) is 58.3 Å². The highest BCUT2D eigenvalue weighted by Gasteiger charge is 2.29. The topological polar surface area (TPSA) is 95.6 Å². The van der Waals surface area contributed by atoms with Crippen LogP contribution in [-0.2, 0) is 13.0 Å². The lowest BCUT2D eigenvalue weighted by Crippen LogP contribution is -2.41. The van der Waals surface area contributed by atoms with Gasteiger partial charge in [0.2, 0.25) is 5.88 Å². The normalized spacial score (nSPS) is 16.7. The number of methoxy groups -OCH3 is 1. The summed E-state index contributed by atoms with van der Waals surface area (Å²) in [4.78, 5) is 48.6. The minimum Gasteiger partial charge on any atom is -0.479 e. The number of fused-ring (bicyclic) bond motifs is 1. The second-order valence-electron chi connectivity index (χ2n) is 8.25. The number of pyridine rings is 2. The smallest absolute Gasteiger partial charge is 0.261 e. The lowest BCUT2D eigenvalue weighted by Gasteiger charge is -2.31. The molecule has 8 nitrogen and oxygen atoms in total. The van der Waals surface area contributed by atoms with Crippen molar-refractivity contribution < 1.29 is 18.7 Å². The number of aromatic amines is 1. The first-order valence-electron chi connectivity index (χ1n) is 11.0. The maximum Gasteiger partial charge on any atom is 0.261 e. The number of hydrogen-bond donors (Lipinski definition) is 1. The van der Waals surface area contributed by atoms with Crippen LogP contribution >= 0.6 is 0 Å². The van der Waals surface area contributed by atoms with Gasteiger partial charge >= 0.3 is 0 Å². The largest absolute Gasteiger partial charge is 0.479 e. The third-order valence-electron chi connectivity index (χ3n) is 6.18. The van der Waals surface area contributed by atoms with Crippen molar-refractivity contribution in [2.24, 2.45) is 0 Å². The number of amides is 2. The number of likely N-dealkylation sites (tertiary alicyclic amines) is 1. The maximum absolute atomic E-state index is 14.0. The first-order valence-corrected chi connectivity index (χ1v) is 11.0. The Bertz CT molecular complexity index is 1080. The zero-order valence-corrected chi connectivity index (χ0v) is 18.2. The average molecular weight is 442 g/mol. The summed E-state index contributed by atoms with van der Waals surface area (Å²) >= 11 is 0. The zero-order valence-electron chi connectivity index (χ0n) is 18.2. The molecule has 4 heterocycles. The number of hydrogen-bond acceptors (Lipinski definition) is 5. The van der Waals surface area contributed by atoms with Gasteiger partial charge in [0.1, 0.15) is 5.56 Å². The molecule has 0 unspecified atom stereocenters. The van der Waals surface area contributed by atoms with E-state index in [0.29, 0.717) is 31.6 Å². The Hall–Kier alpha value is -3.23. The van der Waals surface area contributed by atoms with Gasteiger partial charge in [-0.2, -0.15) is 0 Å². The molecule has 170 valence electrons. The molecule has 1 saturated heterocycles. The van der Waals surface area contributed by atoms with Crippen molar-refractivity contribution in [1.82, 2.24) is 19.8 Å². The van der Waals surface area contributed by atoms with Gasteiger partial charge in [0, 0.05) is 38.6 Å². The number of nitrogens with one attached hydrogen (secondary N) is 1. The molecule has 0 bridgehead atoms. The quantitative estimate of drug-likeness (QED) is 0.788. The van der Waals surface area contributed by atoms with Crippen molar-refractivity contribution in [1.29, 1.82) is 0 Å². The molecule has 0 saturated carbocycles. The van der Waals surface area contributed by atoms with Crippen molar-refractivity contribution in [2.45, 2.75) is 45.1 Å². The summed E-state index contributed by atoms with van der Waals surface area (Å²) in [6.45, 7) is 1.85. The molecular weight excluding hydrogens is 415 g/mol. The molecule has 0 aliphatic carbocycles. The molecule has 1 fully saturated rings. The highest BCUT2D eigenvalue weighted by atomic mass is 19.1. The van der Waals surface area contributed by atoms with Crippen LogP contribution in [0.15, 0.2) is 23.3 Å². The van der Waals surface area contributed by atoms with E-state index in [1.54, 1.807) is 16.0 Å². The standard InChI is InChI=1S/C23H27FN4O4/c1-32-21-18(24)11-15(12-26-21)22(30)28-10-7-17-16(14-28)13-25-20(29)19(17)23(31)27-8-5-3-2-4-6-9-27/h11-13H,2-10,14H2,1H3,(H,25,29). The average Bonchev–Trinajstić information content (AvgIpc) is 2.77. The minimum atomic E-state index is -0.707.